The lowest BCUT2D eigenvalue weighted by Crippen LogP contribution is -2.42. The van der Waals surface area contributed by atoms with Crippen molar-refractivity contribution in [2.45, 2.75) is 13.1 Å². The first-order valence-electron chi connectivity index (χ1n) is 9.96. The van der Waals surface area contributed by atoms with Crippen LogP contribution in [0.3, 0.4) is 0 Å². The predicted molar refractivity (Wildman–Crippen MR) is 120 cm³/mol. The Hall–Kier alpha value is -4.05. The average molecular weight is 465 g/mol. The average Bonchev–Trinajstić information content (AvgIpc) is 3.41. The van der Waals surface area contributed by atoms with Crippen molar-refractivity contribution in [3.05, 3.63) is 91.7 Å². The Morgan fingerprint density at radius 2 is 1.85 bits per heavy atom. The van der Waals surface area contributed by atoms with E-state index in [1.54, 1.807) is 6.07 Å². The van der Waals surface area contributed by atoms with E-state index < -0.39 is 34.9 Å². The minimum absolute atomic E-state index is 0.0727. The van der Waals surface area contributed by atoms with Crippen molar-refractivity contribution in [1.82, 2.24) is 9.80 Å². The summed E-state index contributed by atoms with van der Waals surface area (Å²) in [5.41, 5.74) is -0.0421. The van der Waals surface area contributed by atoms with Gasteiger partial charge in [-0.3, -0.25) is 29.4 Å². The normalized spacial score (nSPS) is 12.6. The molecule has 0 N–H and O–H groups in total. The van der Waals surface area contributed by atoms with Gasteiger partial charge in [0, 0.05) is 23.1 Å². The van der Waals surface area contributed by atoms with E-state index in [4.69, 9.17) is 4.74 Å². The number of hydrogen-bond donors (Lipinski definition) is 0. The molecule has 168 valence electrons. The van der Waals surface area contributed by atoms with Gasteiger partial charge in [-0.2, -0.15) is 0 Å². The number of hydrogen-bond acceptors (Lipinski definition) is 7. The summed E-state index contributed by atoms with van der Waals surface area (Å²) in [6, 6.07) is 14.9. The maximum atomic E-state index is 13.3. The van der Waals surface area contributed by atoms with Gasteiger partial charge in [0.2, 0.25) is 5.91 Å². The molecule has 0 atom stereocenters. The van der Waals surface area contributed by atoms with Crippen molar-refractivity contribution >= 4 is 34.7 Å². The Balaban J connectivity index is 1.60. The van der Waals surface area contributed by atoms with Crippen LogP contribution in [0.15, 0.2) is 60.0 Å². The van der Waals surface area contributed by atoms with Crippen LogP contribution in [-0.4, -0.2) is 46.1 Å². The standard InChI is InChI=1S/C23H19N3O6S/c1-32-19-10-3-2-6-15(19)12-24(13-16-7-5-11-33-16)20(27)14-25-22(28)17-8-4-9-18(26(30)31)21(17)23(25)29/h2-11H,12-14H2,1H3. The first-order chi connectivity index (χ1) is 15.9. The van der Waals surface area contributed by atoms with Gasteiger partial charge in [-0.05, 0) is 23.6 Å². The Labute approximate surface area is 193 Å². The van der Waals surface area contributed by atoms with Crippen LogP contribution in [0.4, 0.5) is 5.69 Å². The Morgan fingerprint density at radius 1 is 1.06 bits per heavy atom. The number of rotatable bonds is 8. The summed E-state index contributed by atoms with van der Waals surface area (Å²) in [5, 5.41) is 13.2. The molecular formula is C23H19N3O6S. The highest BCUT2D eigenvalue weighted by Gasteiger charge is 2.42. The monoisotopic (exact) mass is 465 g/mol. The summed E-state index contributed by atoms with van der Waals surface area (Å²) in [4.78, 5) is 52.8. The van der Waals surface area contributed by atoms with Gasteiger partial charge < -0.3 is 9.64 Å². The molecule has 0 unspecified atom stereocenters. The number of thiophene rings is 1. The molecule has 0 saturated carbocycles. The topological polar surface area (TPSA) is 110 Å². The maximum absolute atomic E-state index is 13.3. The van der Waals surface area contributed by atoms with Gasteiger partial charge in [-0.15, -0.1) is 11.3 Å². The van der Waals surface area contributed by atoms with Crippen LogP contribution in [0.25, 0.3) is 0 Å². The molecule has 3 amide bonds. The minimum Gasteiger partial charge on any atom is -0.496 e. The molecule has 9 nitrogen and oxygen atoms in total. The number of imide groups is 1. The van der Waals surface area contributed by atoms with E-state index in [1.807, 2.05) is 35.7 Å². The zero-order chi connectivity index (χ0) is 23.5. The molecule has 33 heavy (non-hydrogen) atoms. The molecular weight excluding hydrogens is 446 g/mol. The van der Waals surface area contributed by atoms with Gasteiger partial charge in [0.25, 0.3) is 17.5 Å². The molecule has 0 bridgehead atoms. The number of ether oxygens (including phenoxy) is 1. The van der Waals surface area contributed by atoms with Crippen molar-refractivity contribution in [2.24, 2.45) is 0 Å². The smallest absolute Gasteiger partial charge is 0.282 e. The number of amides is 3. The quantitative estimate of drug-likeness (QED) is 0.286. The fraction of sp³-hybridized carbons (Fsp3) is 0.174. The van der Waals surface area contributed by atoms with E-state index in [2.05, 4.69) is 0 Å². The fourth-order valence-electron chi connectivity index (χ4n) is 3.71. The number of nitro groups is 1. The van der Waals surface area contributed by atoms with Crippen molar-refractivity contribution in [2.75, 3.05) is 13.7 Å². The highest BCUT2D eigenvalue weighted by molar-refractivity contribution is 7.09. The van der Waals surface area contributed by atoms with Gasteiger partial charge in [-0.25, -0.2) is 0 Å². The molecule has 1 aromatic heterocycles. The Morgan fingerprint density at radius 3 is 2.55 bits per heavy atom. The second-order valence-electron chi connectivity index (χ2n) is 7.29. The van der Waals surface area contributed by atoms with Crippen molar-refractivity contribution in [1.29, 1.82) is 0 Å². The minimum atomic E-state index is -0.844. The zero-order valence-electron chi connectivity index (χ0n) is 17.6. The van der Waals surface area contributed by atoms with Gasteiger partial charge in [0.15, 0.2) is 0 Å². The van der Waals surface area contributed by atoms with E-state index in [1.165, 1.54) is 41.5 Å². The van der Waals surface area contributed by atoms with E-state index in [9.17, 15) is 24.5 Å². The van der Waals surface area contributed by atoms with Crippen LogP contribution in [0.5, 0.6) is 5.75 Å². The van der Waals surface area contributed by atoms with E-state index >= 15 is 0 Å². The predicted octanol–water partition coefficient (Wildman–Crippen LogP) is 3.49. The van der Waals surface area contributed by atoms with Crippen molar-refractivity contribution in [3.8, 4) is 5.75 Å². The molecule has 1 aliphatic rings. The number of fused-ring (bicyclic) bond motifs is 1. The van der Waals surface area contributed by atoms with Gasteiger partial charge in [0.05, 0.1) is 24.1 Å². The largest absolute Gasteiger partial charge is 0.496 e. The molecule has 3 aromatic rings. The Kier molecular flexibility index (Phi) is 6.18. The van der Waals surface area contributed by atoms with E-state index in [0.29, 0.717) is 5.75 Å². The lowest BCUT2D eigenvalue weighted by atomic mass is 10.1. The van der Waals surface area contributed by atoms with E-state index in [-0.39, 0.29) is 24.2 Å². The number of nitro benzene ring substituents is 1. The Bertz CT molecular complexity index is 1240. The summed E-state index contributed by atoms with van der Waals surface area (Å²) >= 11 is 1.48. The highest BCUT2D eigenvalue weighted by atomic mass is 32.1. The van der Waals surface area contributed by atoms with Crippen LogP contribution >= 0.6 is 11.3 Å². The summed E-state index contributed by atoms with van der Waals surface area (Å²) in [5.74, 6) is -1.42. The second-order valence-corrected chi connectivity index (χ2v) is 8.33. The van der Waals surface area contributed by atoms with Gasteiger partial charge in [-0.1, -0.05) is 30.3 Å². The van der Waals surface area contributed by atoms with Crippen LogP contribution in [0.2, 0.25) is 0 Å². The molecule has 2 aromatic carbocycles. The third-order valence-corrected chi connectivity index (χ3v) is 6.16. The first-order valence-corrected chi connectivity index (χ1v) is 10.8. The number of para-hydroxylation sites is 1. The highest BCUT2D eigenvalue weighted by Crippen LogP contribution is 2.31. The molecule has 0 saturated heterocycles. The molecule has 0 spiro atoms. The third kappa shape index (κ3) is 4.33. The van der Waals surface area contributed by atoms with E-state index in [0.717, 1.165) is 15.3 Å². The fourth-order valence-corrected chi connectivity index (χ4v) is 4.43. The SMILES string of the molecule is COc1ccccc1CN(Cc1cccs1)C(=O)CN1C(=O)c2cccc([N+](=O)[O-])c2C1=O. The van der Waals surface area contributed by atoms with Crippen LogP contribution < -0.4 is 4.74 Å². The third-order valence-electron chi connectivity index (χ3n) is 5.30. The van der Waals surface area contributed by atoms with Crippen LogP contribution in [0.1, 0.15) is 31.2 Å². The summed E-state index contributed by atoms with van der Waals surface area (Å²) in [7, 11) is 1.54. The summed E-state index contributed by atoms with van der Waals surface area (Å²) in [6.45, 7) is -0.0496. The molecule has 10 heteroatoms. The molecule has 0 aliphatic carbocycles. The maximum Gasteiger partial charge on any atom is 0.282 e. The number of nitrogens with zero attached hydrogens (tertiary/aromatic N) is 3. The molecule has 4 rings (SSSR count). The lowest BCUT2D eigenvalue weighted by molar-refractivity contribution is -0.385. The molecule has 2 heterocycles. The van der Waals surface area contributed by atoms with Gasteiger partial charge in [0.1, 0.15) is 17.9 Å². The zero-order valence-corrected chi connectivity index (χ0v) is 18.4. The van der Waals surface area contributed by atoms with Crippen LogP contribution in [-0.2, 0) is 17.9 Å². The second kappa shape index (κ2) is 9.21. The summed E-state index contributed by atoms with van der Waals surface area (Å²) < 4.78 is 5.39. The van der Waals surface area contributed by atoms with Gasteiger partial charge >= 0.3 is 0 Å². The number of carbonyl (C=O) groups excluding carboxylic acids is 3. The summed E-state index contributed by atoms with van der Waals surface area (Å²) in [6.07, 6.45) is 0. The van der Waals surface area contributed by atoms with Crippen LogP contribution in [0, 0.1) is 10.1 Å². The molecule has 0 radical (unpaired) electrons. The lowest BCUT2D eigenvalue weighted by Gasteiger charge is -2.25. The molecule has 0 fully saturated rings. The number of methoxy groups -OCH3 is 1. The number of benzene rings is 2. The number of carbonyl (C=O) groups is 3. The molecule has 1 aliphatic heterocycles. The first kappa shape index (κ1) is 22.2. The van der Waals surface area contributed by atoms with Crippen molar-refractivity contribution in [3.63, 3.8) is 0 Å². The van der Waals surface area contributed by atoms with Crippen molar-refractivity contribution < 1.29 is 24.0 Å².